The van der Waals surface area contributed by atoms with Crippen LogP contribution in [0.1, 0.15) is 23.0 Å². The number of aromatic nitrogens is 1. The van der Waals surface area contributed by atoms with Crippen LogP contribution in [0.4, 0.5) is 4.39 Å². The smallest absolute Gasteiger partial charge is 0.352 e. The van der Waals surface area contributed by atoms with Crippen LogP contribution in [0.15, 0.2) is 23.0 Å². The number of benzene rings is 1. The fourth-order valence-corrected chi connectivity index (χ4v) is 2.16. The number of carboxylic acids is 1. The van der Waals surface area contributed by atoms with Gasteiger partial charge in [0.1, 0.15) is 11.5 Å². The van der Waals surface area contributed by atoms with Crippen molar-refractivity contribution in [3.63, 3.8) is 0 Å². The second-order valence-corrected chi connectivity index (χ2v) is 4.01. The highest BCUT2D eigenvalue weighted by molar-refractivity contribution is 5.92. The number of halogens is 1. The molecule has 0 radical (unpaired) electrons. The Labute approximate surface area is 102 Å². The quantitative estimate of drug-likeness (QED) is 0.887. The summed E-state index contributed by atoms with van der Waals surface area (Å²) in [6.07, 6.45) is 0. The number of carboxylic acid groups (broad SMARTS) is 1. The molecule has 1 heterocycles. The van der Waals surface area contributed by atoms with Crippen molar-refractivity contribution in [2.75, 3.05) is 0 Å². The summed E-state index contributed by atoms with van der Waals surface area (Å²) in [5.74, 6) is -1.68. The highest BCUT2D eigenvalue weighted by Crippen LogP contribution is 2.17. The molecule has 0 saturated carbocycles. The van der Waals surface area contributed by atoms with Crippen molar-refractivity contribution in [1.29, 1.82) is 0 Å². The molecule has 0 aliphatic heterocycles. The Morgan fingerprint density at radius 1 is 1.44 bits per heavy atom. The number of pyridine rings is 1. The van der Waals surface area contributed by atoms with E-state index in [-0.39, 0.29) is 16.7 Å². The highest BCUT2D eigenvalue weighted by Gasteiger charge is 2.18. The van der Waals surface area contributed by atoms with Gasteiger partial charge in [-0.3, -0.25) is 4.79 Å². The molecule has 1 aromatic carbocycles. The minimum absolute atomic E-state index is 0.0828. The van der Waals surface area contributed by atoms with Crippen LogP contribution in [0.25, 0.3) is 10.9 Å². The molecule has 0 spiro atoms. The van der Waals surface area contributed by atoms with E-state index in [0.717, 1.165) is 0 Å². The molecule has 2 rings (SSSR count). The Bertz CT molecular complexity index is 703. The van der Waals surface area contributed by atoms with Gasteiger partial charge in [-0.2, -0.15) is 0 Å². The number of rotatable bonds is 2. The average molecular weight is 249 g/mol. The van der Waals surface area contributed by atoms with Crippen LogP contribution in [0.3, 0.4) is 0 Å². The van der Waals surface area contributed by atoms with Crippen LogP contribution < -0.4 is 5.43 Å². The van der Waals surface area contributed by atoms with Gasteiger partial charge in [-0.05, 0) is 32.0 Å². The maximum Gasteiger partial charge on any atom is 0.352 e. The van der Waals surface area contributed by atoms with Crippen LogP contribution in [-0.4, -0.2) is 15.6 Å². The van der Waals surface area contributed by atoms with Crippen LogP contribution in [0.5, 0.6) is 0 Å². The number of fused-ring (bicyclic) bond motifs is 1. The second-order valence-electron chi connectivity index (χ2n) is 4.01. The van der Waals surface area contributed by atoms with Gasteiger partial charge >= 0.3 is 5.97 Å². The average Bonchev–Trinajstić information content (AvgIpc) is 2.32. The molecule has 94 valence electrons. The zero-order valence-electron chi connectivity index (χ0n) is 10.0. The summed E-state index contributed by atoms with van der Waals surface area (Å²) < 4.78 is 14.7. The monoisotopic (exact) mass is 249 g/mol. The number of aromatic carboxylic acids is 1. The minimum atomic E-state index is -1.18. The van der Waals surface area contributed by atoms with E-state index in [1.165, 1.54) is 29.7 Å². The largest absolute Gasteiger partial charge is 0.477 e. The van der Waals surface area contributed by atoms with Crippen molar-refractivity contribution in [2.24, 2.45) is 0 Å². The third kappa shape index (κ3) is 1.68. The molecule has 2 aromatic rings. The van der Waals surface area contributed by atoms with E-state index in [4.69, 9.17) is 0 Å². The van der Waals surface area contributed by atoms with Crippen molar-refractivity contribution in [1.82, 2.24) is 4.57 Å². The van der Waals surface area contributed by atoms with Crippen molar-refractivity contribution < 1.29 is 14.3 Å². The molecule has 0 fully saturated rings. The van der Waals surface area contributed by atoms with Gasteiger partial charge in [0.25, 0.3) is 0 Å². The van der Waals surface area contributed by atoms with Crippen LogP contribution in [-0.2, 0) is 6.54 Å². The number of aryl methyl sites for hydroxylation is 1. The zero-order chi connectivity index (χ0) is 13.4. The molecule has 0 saturated heterocycles. The van der Waals surface area contributed by atoms with Gasteiger partial charge in [0.15, 0.2) is 5.43 Å². The van der Waals surface area contributed by atoms with Gasteiger partial charge in [-0.1, -0.05) is 0 Å². The molecule has 0 unspecified atom stereocenters. The lowest BCUT2D eigenvalue weighted by Gasteiger charge is -2.14. The molecular weight excluding hydrogens is 237 g/mol. The summed E-state index contributed by atoms with van der Waals surface area (Å²) in [6, 6.07) is 3.77. The van der Waals surface area contributed by atoms with Crippen molar-refractivity contribution in [3.05, 3.63) is 45.5 Å². The molecular formula is C13H12FNO3. The molecule has 1 aromatic heterocycles. The van der Waals surface area contributed by atoms with Crippen molar-refractivity contribution in [2.45, 2.75) is 20.4 Å². The molecule has 0 atom stereocenters. The molecule has 4 nitrogen and oxygen atoms in total. The van der Waals surface area contributed by atoms with Gasteiger partial charge in [0, 0.05) is 17.5 Å². The number of carbonyl (C=O) groups is 1. The summed E-state index contributed by atoms with van der Waals surface area (Å²) in [4.78, 5) is 23.3. The molecule has 18 heavy (non-hydrogen) atoms. The highest BCUT2D eigenvalue weighted by atomic mass is 19.1. The van der Waals surface area contributed by atoms with Crippen molar-refractivity contribution in [3.8, 4) is 0 Å². The first-order chi connectivity index (χ1) is 8.47. The first-order valence-corrected chi connectivity index (χ1v) is 5.53. The van der Waals surface area contributed by atoms with Gasteiger partial charge in [0.05, 0.1) is 5.52 Å². The number of hydrogen-bond donors (Lipinski definition) is 1. The Balaban J connectivity index is 3.07. The molecule has 1 N–H and O–H groups in total. The lowest BCUT2D eigenvalue weighted by atomic mass is 10.1. The summed E-state index contributed by atoms with van der Waals surface area (Å²) in [5.41, 5.74) is 0.0293. The lowest BCUT2D eigenvalue weighted by Crippen LogP contribution is -2.21. The van der Waals surface area contributed by atoms with Crippen molar-refractivity contribution >= 4 is 16.9 Å². The van der Waals surface area contributed by atoms with E-state index in [2.05, 4.69) is 0 Å². The van der Waals surface area contributed by atoms with Crippen LogP contribution in [0.2, 0.25) is 0 Å². The minimum Gasteiger partial charge on any atom is -0.477 e. The first kappa shape index (κ1) is 12.3. The third-order valence-corrected chi connectivity index (χ3v) is 2.98. The van der Waals surface area contributed by atoms with Gasteiger partial charge in [-0.15, -0.1) is 0 Å². The lowest BCUT2D eigenvalue weighted by molar-refractivity contribution is 0.0684. The fraction of sp³-hybridized carbons (Fsp3) is 0.231. The summed E-state index contributed by atoms with van der Waals surface area (Å²) >= 11 is 0. The topological polar surface area (TPSA) is 59.3 Å². The Morgan fingerprint density at radius 3 is 2.67 bits per heavy atom. The predicted molar refractivity (Wildman–Crippen MR) is 65.5 cm³/mol. The van der Waals surface area contributed by atoms with E-state index in [1.54, 1.807) is 6.92 Å². The van der Waals surface area contributed by atoms with E-state index < -0.39 is 11.8 Å². The molecule has 0 bridgehead atoms. The predicted octanol–water partition coefficient (Wildman–Crippen LogP) is 2.17. The number of hydrogen-bond acceptors (Lipinski definition) is 2. The molecule has 0 aliphatic carbocycles. The second kappa shape index (κ2) is 4.25. The Hall–Kier alpha value is -2.17. The standard InChI is InChI=1S/C13H12FNO3/c1-3-15-10-6-8(14)4-5-9(10)12(16)7(2)11(15)13(17)18/h4-6H,3H2,1-2H3,(H,17,18). The molecule has 5 heteroatoms. The number of nitrogens with zero attached hydrogens (tertiary/aromatic N) is 1. The SMILES string of the molecule is CCn1c(C(=O)O)c(C)c(=O)c2ccc(F)cc21. The van der Waals surface area contributed by atoms with E-state index in [1.807, 2.05) is 0 Å². The van der Waals surface area contributed by atoms with E-state index in [9.17, 15) is 19.1 Å². The zero-order valence-corrected chi connectivity index (χ0v) is 10.0. The maximum atomic E-state index is 13.3. The maximum absolute atomic E-state index is 13.3. The van der Waals surface area contributed by atoms with E-state index >= 15 is 0 Å². The Kier molecular flexibility index (Phi) is 2.90. The molecule has 0 aliphatic rings. The fourth-order valence-electron chi connectivity index (χ4n) is 2.16. The normalized spacial score (nSPS) is 10.8. The third-order valence-electron chi connectivity index (χ3n) is 2.98. The van der Waals surface area contributed by atoms with Gasteiger partial charge < -0.3 is 9.67 Å². The first-order valence-electron chi connectivity index (χ1n) is 5.53. The van der Waals surface area contributed by atoms with Crippen LogP contribution >= 0.6 is 0 Å². The summed E-state index contributed by atoms with van der Waals surface area (Å²) in [7, 11) is 0. The van der Waals surface area contributed by atoms with Gasteiger partial charge in [-0.25, -0.2) is 9.18 Å². The van der Waals surface area contributed by atoms with Crippen LogP contribution in [0, 0.1) is 12.7 Å². The molecule has 0 amide bonds. The summed E-state index contributed by atoms with van der Waals surface area (Å²) in [5, 5.41) is 9.51. The Morgan fingerprint density at radius 2 is 2.11 bits per heavy atom. The van der Waals surface area contributed by atoms with E-state index in [0.29, 0.717) is 17.4 Å². The summed E-state index contributed by atoms with van der Waals surface area (Å²) in [6.45, 7) is 3.57. The van der Waals surface area contributed by atoms with Gasteiger partial charge in [0.2, 0.25) is 0 Å².